The van der Waals surface area contributed by atoms with Crippen LogP contribution in [-0.2, 0) is 4.79 Å². The van der Waals surface area contributed by atoms with Crippen molar-refractivity contribution in [2.75, 3.05) is 19.0 Å². The minimum Gasteiger partial charge on any atom is -0.490 e. The standard InChI is InChI=1S/C25H30N4O3S/c1-16(2)24(19-8-9-21-22(13-19)32-11-5-10-31-21)27-23(30)14-33-25-28-26-15-29(25)20-12-17(3)6-7-18(20)4/h6-9,12-13,15-16,24H,5,10-11,14H2,1-4H3,(H,27,30). The molecule has 2 heterocycles. The molecule has 0 saturated carbocycles. The monoisotopic (exact) mass is 466 g/mol. The number of hydrogen-bond donors (Lipinski definition) is 1. The lowest BCUT2D eigenvalue weighted by Crippen LogP contribution is -2.33. The van der Waals surface area contributed by atoms with Crippen LogP contribution in [0.5, 0.6) is 11.5 Å². The molecule has 1 aromatic heterocycles. The highest BCUT2D eigenvalue weighted by atomic mass is 32.2. The highest BCUT2D eigenvalue weighted by Crippen LogP contribution is 2.34. The number of hydrogen-bond acceptors (Lipinski definition) is 6. The van der Waals surface area contributed by atoms with E-state index in [1.807, 2.05) is 22.8 Å². The van der Waals surface area contributed by atoms with Gasteiger partial charge in [-0.3, -0.25) is 9.36 Å². The van der Waals surface area contributed by atoms with Crippen molar-refractivity contribution in [1.82, 2.24) is 20.1 Å². The van der Waals surface area contributed by atoms with Crippen LogP contribution in [0.1, 0.15) is 43.0 Å². The second kappa shape index (κ2) is 10.3. The fraction of sp³-hybridized carbons (Fsp3) is 0.400. The molecule has 0 saturated heterocycles. The van der Waals surface area contributed by atoms with Gasteiger partial charge < -0.3 is 14.8 Å². The van der Waals surface area contributed by atoms with Crippen molar-refractivity contribution in [3.8, 4) is 17.2 Å². The number of amides is 1. The summed E-state index contributed by atoms with van der Waals surface area (Å²) in [6.07, 6.45) is 2.55. The van der Waals surface area contributed by atoms with Crippen LogP contribution in [-0.4, -0.2) is 39.6 Å². The number of aryl methyl sites for hydroxylation is 2. The van der Waals surface area contributed by atoms with E-state index in [4.69, 9.17) is 9.47 Å². The van der Waals surface area contributed by atoms with Crippen molar-refractivity contribution in [2.24, 2.45) is 5.92 Å². The lowest BCUT2D eigenvalue weighted by Gasteiger charge is -2.24. The maximum Gasteiger partial charge on any atom is 0.230 e. The number of carbonyl (C=O) groups is 1. The van der Waals surface area contributed by atoms with Crippen LogP contribution in [0, 0.1) is 19.8 Å². The average Bonchev–Trinajstić information content (AvgIpc) is 3.13. The molecule has 1 aliphatic rings. The molecule has 1 atom stereocenters. The Hall–Kier alpha value is -3.00. The Labute approximate surface area is 198 Å². The lowest BCUT2D eigenvalue weighted by atomic mass is 9.95. The van der Waals surface area contributed by atoms with Gasteiger partial charge in [0.1, 0.15) is 6.33 Å². The second-order valence-corrected chi connectivity index (χ2v) is 9.55. The van der Waals surface area contributed by atoms with E-state index in [0.29, 0.717) is 18.4 Å². The minimum absolute atomic E-state index is 0.0543. The Morgan fingerprint density at radius 3 is 2.70 bits per heavy atom. The maximum atomic E-state index is 12.9. The van der Waals surface area contributed by atoms with Crippen molar-refractivity contribution in [2.45, 2.75) is 45.3 Å². The number of nitrogens with zero attached hydrogens (tertiary/aromatic N) is 3. The molecular weight excluding hydrogens is 436 g/mol. The molecule has 33 heavy (non-hydrogen) atoms. The van der Waals surface area contributed by atoms with Crippen molar-refractivity contribution in [3.63, 3.8) is 0 Å². The van der Waals surface area contributed by atoms with Gasteiger partial charge in [-0.1, -0.05) is 43.8 Å². The predicted octanol–water partition coefficient (Wildman–Crippen LogP) is 4.65. The number of rotatable bonds is 7. The van der Waals surface area contributed by atoms with E-state index >= 15 is 0 Å². The molecule has 0 spiro atoms. The van der Waals surface area contributed by atoms with Crippen LogP contribution in [0.4, 0.5) is 0 Å². The number of nitrogens with one attached hydrogen (secondary N) is 1. The van der Waals surface area contributed by atoms with Crippen LogP contribution in [0.25, 0.3) is 5.69 Å². The smallest absolute Gasteiger partial charge is 0.230 e. The van der Waals surface area contributed by atoms with Gasteiger partial charge in [0.2, 0.25) is 5.91 Å². The van der Waals surface area contributed by atoms with Crippen LogP contribution in [0.15, 0.2) is 47.9 Å². The van der Waals surface area contributed by atoms with Crippen LogP contribution < -0.4 is 14.8 Å². The number of benzene rings is 2. The van der Waals surface area contributed by atoms with Gasteiger partial charge in [-0.15, -0.1) is 10.2 Å². The molecule has 1 unspecified atom stereocenters. The first-order chi connectivity index (χ1) is 15.9. The first kappa shape index (κ1) is 23.2. The zero-order chi connectivity index (χ0) is 23.4. The molecule has 0 aliphatic carbocycles. The van der Waals surface area contributed by atoms with Gasteiger partial charge in [-0.25, -0.2) is 0 Å². The van der Waals surface area contributed by atoms with Crippen LogP contribution in [0.3, 0.4) is 0 Å². The SMILES string of the molecule is Cc1ccc(C)c(-n2cnnc2SCC(=O)NC(c2ccc3c(c2)OCCCO3)C(C)C)c1. The summed E-state index contributed by atoms with van der Waals surface area (Å²) >= 11 is 1.38. The van der Waals surface area contributed by atoms with Crippen molar-refractivity contribution in [3.05, 3.63) is 59.4 Å². The Bertz CT molecular complexity index is 1130. The normalized spacial score (nSPS) is 14.1. The van der Waals surface area contributed by atoms with E-state index in [1.54, 1.807) is 6.33 Å². The molecular formula is C25H30N4O3S. The Morgan fingerprint density at radius 2 is 1.91 bits per heavy atom. The third kappa shape index (κ3) is 5.50. The zero-order valence-electron chi connectivity index (χ0n) is 19.5. The van der Waals surface area contributed by atoms with Gasteiger partial charge in [0, 0.05) is 6.42 Å². The Balaban J connectivity index is 1.45. The molecule has 0 fully saturated rings. The summed E-state index contributed by atoms with van der Waals surface area (Å²) < 4.78 is 13.5. The van der Waals surface area contributed by atoms with Crippen LogP contribution in [0.2, 0.25) is 0 Å². The molecule has 2 aromatic carbocycles. The molecule has 7 nitrogen and oxygen atoms in total. The number of fused-ring (bicyclic) bond motifs is 1. The summed E-state index contributed by atoms with van der Waals surface area (Å²) in [5.74, 6) is 1.90. The maximum absolute atomic E-state index is 12.9. The predicted molar refractivity (Wildman–Crippen MR) is 129 cm³/mol. The topological polar surface area (TPSA) is 78.3 Å². The molecule has 8 heteroatoms. The summed E-state index contributed by atoms with van der Waals surface area (Å²) in [5, 5.41) is 12.2. The third-order valence-electron chi connectivity index (χ3n) is 5.59. The highest BCUT2D eigenvalue weighted by Gasteiger charge is 2.22. The van der Waals surface area contributed by atoms with Gasteiger partial charge in [0.25, 0.3) is 0 Å². The van der Waals surface area contributed by atoms with E-state index in [0.717, 1.165) is 40.3 Å². The lowest BCUT2D eigenvalue weighted by molar-refractivity contribution is -0.119. The molecule has 4 rings (SSSR count). The van der Waals surface area contributed by atoms with Gasteiger partial charge >= 0.3 is 0 Å². The largest absolute Gasteiger partial charge is 0.490 e. The van der Waals surface area contributed by atoms with E-state index in [-0.39, 0.29) is 23.6 Å². The van der Waals surface area contributed by atoms with Crippen molar-refractivity contribution >= 4 is 17.7 Å². The van der Waals surface area contributed by atoms with E-state index in [9.17, 15) is 4.79 Å². The molecule has 1 N–H and O–H groups in total. The van der Waals surface area contributed by atoms with Gasteiger partial charge in [-0.05, 0) is 54.7 Å². The first-order valence-electron chi connectivity index (χ1n) is 11.2. The highest BCUT2D eigenvalue weighted by molar-refractivity contribution is 7.99. The minimum atomic E-state index is -0.132. The molecule has 174 valence electrons. The summed E-state index contributed by atoms with van der Waals surface area (Å²) in [6, 6.07) is 12.0. The van der Waals surface area contributed by atoms with E-state index in [2.05, 4.69) is 61.4 Å². The van der Waals surface area contributed by atoms with Crippen molar-refractivity contribution < 1.29 is 14.3 Å². The fourth-order valence-electron chi connectivity index (χ4n) is 3.82. The summed E-state index contributed by atoms with van der Waals surface area (Å²) in [5.41, 5.74) is 4.31. The molecule has 1 aliphatic heterocycles. The Morgan fingerprint density at radius 1 is 1.12 bits per heavy atom. The van der Waals surface area contributed by atoms with Crippen LogP contribution >= 0.6 is 11.8 Å². The van der Waals surface area contributed by atoms with Gasteiger partial charge in [-0.2, -0.15) is 0 Å². The molecule has 0 radical (unpaired) electrons. The summed E-state index contributed by atoms with van der Waals surface area (Å²) in [6.45, 7) is 9.59. The number of thioether (sulfide) groups is 1. The van der Waals surface area contributed by atoms with Gasteiger partial charge in [0.05, 0.1) is 30.7 Å². The number of aromatic nitrogens is 3. The molecule has 0 bridgehead atoms. The summed E-state index contributed by atoms with van der Waals surface area (Å²) in [4.78, 5) is 12.9. The zero-order valence-corrected chi connectivity index (χ0v) is 20.3. The fourth-order valence-corrected chi connectivity index (χ4v) is 4.55. The second-order valence-electron chi connectivity index (χ2n) is 8.61. The van der Waals surface area contributed by atoms with Gasteiger partial charge in [0.15, 0.2) is 16.7 Å². The van der Waals surface area contributed by atoms with Crippen molar-refractivity contribution in [1.29, 1.82) is 0 Å². The summed E-state index contributed by atoms with van der Waals surface area (Å²) in [7, 11) is 0. The molecule has 3 aromatic rings. The van der Waals surface area contributed by atoms with E-state index < -0.39 is 0 Å². The third-order valence-corrected chi connectivity index (χ3v) is 6.53. The number of ether oxygens (including phenoxy) is 2. The number of carbonyl (C=O) groups excluding carboxylic acids is 1. The Kier molecular flexibility index (Phi) is 7.23. The molecule has 1 amide bonds. The van der Waals surface area contributed by atoms with E-state index in [1.165, 1.54) is 11.8 Å². The average molecular weight is 467 g/mol. The quantitative estimate of drug-likeness (QED) is 0.511. The first-order valence-corrected chi connectivity index (χ1v) is 12.2.